The van der Waals surface area contributed by atoms with Crippen LogP contribution in [0.25, 0.3) is 10.9 Å². The summed E-state index contributed by atoms with van der Waals surface area (Å²) in [5, 5.41) is 1.67. The highest BCUT2D eigenvalue weighted by molar-refractivity contribution is 6.30. The normalized spacial score (nSPS) is 10.8. The number of pyridine rings is 1. The van der Waals surface area contributed by atoms with Crippen molar-refractivity contribution in [2.75, 3.05) is 0 Å². The molecule has 18 heavy (non-hydrogen) atoms. The van der Waals surface area contributed by atoms with Crippen molar-refractivity contribution in [2.45, 2.75) is 33.1 Å². The monoisotopic (exact) mass is 261 g/mol. The van der Waals surface area contributed by atoms with Crippen molar-refractivity contribution < 1.29 is 4.79 Å². The number of fused-ring (bicyclic) bond motifs is 1. The predicted octanol–water partition coefficient (Wildman–Crippen LogP) is 4.11. The summed E-state index contributed by atoms with van der Waals surface area (Å²) in [6, 6.07) is 8.23. The van der Waals surface area contributed by atoms with E-state index in [1.165, 1.54) is 5.56 Å². The second-order valence-corrected chi connectivity index (χ2v) is 5.04. The Labute approximate surface area is 112 Å². The predicted molar refractivity (Wildman–Crippen MR) is 75.1 cm³/mol. The van der Waals surface area contributed by atoms with Crippen LogP contribution in [0.4, 0.5) is 0 Å². The van der Waals surface area contributed by atoms with Gasteiger partial charge in [0.05, 0.1) is 5.52 Å². The first-order valence-corrected chi connectivity index (χ1v) is 6.49. The molecule has 0 atom stereocenters. The highest BCUT2D eigenvalue weighted by atomic mass is 35.5. The number of rotatable bonds is 4. The van der Waals surface area contributed by atoms with E-state index < -0.39 is 0 Å². The fourth-order valence-corrected chi connectivity index (χ4v) is 2.15. The van der Waals surface area contributed by atoms with Crippen molar-refractivity contribution in [3.8, 4) is 0 Å². The summed E-state index contributed by atoms with van der Waals surface area (Å²) in [6.45, 7) is 3.59. The second-order valence-electron chi connectivity index (χ2n) is 4.68. The van der Waals surface area contributed by atoms with E-state index in [-0.39, 0.29) is 5.78 Å². The number of ketones is 1. The average molecular weight is 262 g/mol. The number of carbonyl (C=O) groups excluding carboxylic acids is 1. The van der Waals surface area contributed by atoms with Crippen molar-refractivity contribution in [1.29, 1.82) is 0 Å². The van der Waals surface area contributed by atoms with Crippen LogP contribution in [0.15, 0.2) is 24.3 Å². The quantitative estimate of drug-likeness (QED) is 0.776. The minimum Gasteiger partial charge on any atom is -0.300 e. The molecule has 0 radical (unpaired) electrons. The van der Waals surface area contributed by atoms with Gasteiger partial charge in [0.15, 0.2) is 0 Å². The molecule has 0 spiro atoms. The van der Waals surface area contributed by atoms with Gasteiger partial charge in [-0.05, 0) is 56.0 Å². The van der Waals surface area contributed by atoms with Crippen LogP contribution in [-0.4, -0.2) is 10.8 Å². The van der Waals surface area contributed by atoms with E-state index in [9.17, 15) is 4.79 Å². The van der Waals surface area contributed by atoms with Crippen LogP contribution in [-0.2, 0) is 11.2 Å². The molecule has 1 heterocycles. The largest absolute Gasteiger partial charge is 0.300 e. The van der Waals surface area contributed by atoms with Crippen LogP contribution in [0.5, 0.6) is 0 Å². The highest BCUT2D eigenvalue weighted by Crippen LogP contribution is 2.21. The van der Waals surface area contributed by atoms with Gasteiger partial charge in [-0.2, -0.15) is 0 Å². The molecule has 1 aromatic carbocycles. The van der Waals surface area contributed by atoms with Gasteiger partial charge in [-0.15, -0.1) is 0 Å². The molecule has 0 unspecified atom stereocenters. The van der Waals surface area contributed by atoms with E-state index in [4.69, 9.17) is 11.6 Å². The Bertz CT molecular complexity index is 592. The van der Waals surface area contributed by atoms with Gasteiger partial charge in [0.2, 0.25) is 0 Å². The first-order chi connectivity index (χ1) is 8.56. The molecule has 0 saturated carbocycles. The molecule has 0 aliphatic carbocycles. The number of hydrogen-bond acceptors (Lipinski definition) is 2. The Hall–Kier alpha value is -1.41. The van der Waals surface area contributed by atoms with Crippen molar-refractivity contribution in [3.05, 3.63) is 40.5 Å². The third-order valence-corrected chi connectivity index (χ3v) is 3.38. The highest BCUT2D eigenvalue weighted by Gasteiger charge is 2.03. The summed E-state index contributed by atoms with van der Waals surface area (Å²) < 4.78 is 0. The van der Waals surface area contributed by atoms with Crippen molar-refractivity contribution in [2.24, 2.45) is 0 Å². The lowest BCUT2D eigenvalue weighted by molar-refractivity contribution is -0.117. The van der Waals surface area contributed by atoms with Crippen LogP contribution in [0.3, 0.4) is 0 Å². The van der Waals surface area contributed by atoms with Crippen molar-refractivity contribution in [3.63, 3.8) is 0 Å². The lowest BCUT2D eigenvalue weighted by Crippen LogP contribution is -1.93. The van der Waals surface area contributed by atoms with Crippen molar-refractivity contribution >= 4 is 28.3 Å². The maximum absolute atomic E-state index is 10.9. The molecule has 2 nitrogen and oxygen atoms in total. The maximum Gasteiger partial charge on any atom is 0.132 e. The zero-order chi connectivity index (χ0) is 13.1. The molecule has 0 aliphatic heterocycles. The first-order valence-electron chi connectivity index (χ1n) is 6.11. The second kappa shape index (κ2) is 5.49. The molecule has 1 aromatic heterocycles. The molecule has 2 rings (SSSR count). The molecule has 0 saturated heterocycles. The van der Waals surface area contributed by atoms with Gasteiger partial charge >= 0.3 is 0 Å². The first kappa shape index (κ1) is 13.0. The van der Waals surface area contributed by atoms with Gasteiger partial charge in [-0.3, -0.25) is 0 Å². The van der Waals surface area contributed by atoms with Gasteiger partial charge in [-0.25, -0.2) is 4.98 Å². The third-order valence-electron chi connectivity index (χ3n) is 3.00. The maximum atomic E-state index is 10.9. The molecular formula is C15H16ClNO. The van der Waals surface area contributed by atoms with E-state index >= 15 is 0 Å². The van der Waals surface area contributed by atoms with Crippen LogP contribution in [0, 0.1) is 6.92 Å². The summed E-state index contributed by atoms with van der Waals surface area (Å²) in [4.78, 5) is 15.2. The van der Waals surface area contributed by atoms with Crippen LogP contribution < -0.4 is 0 Å². The van der Waals surface area contributed by atoms with E-state index in [0.717, 1.165) is 29.3 Å². The van der Waals surface area contributed by atoms with E-state index in [1.807, 2.05) is 13.0 Å². The van der Waals surface area contributed by atoms with Crippen LogP contribution >= 0.6 is 11.6 Å². The van der Waals surface area contributed by atoms with Crippen LogP contribution in [0.1, 0.15) is 30.9 Å². The Balaban J connectivity index is 2.21. The molecule has 0 fully saturated rings. The molecule has 94 valence electrons. The number of Topliss-reactive ketones (excluding diaryl/α,β-unsaturated/α-hetero) is 1. The summed E-state index contributed by atoms with van der Waals surface area (Å²) in [7, 11) is 0. The molecule has 2 aromatic rings. The summed E-state index contributed by atoms with van der Waals surface area (Å²) in [6.07, 6.45) is 2.48. The number of benzene rings is 1. The third kappa shape index (κ3) is 3.08. The molecule has 3 heteroatoms. The smallest absolute Gasteiger partial charge is 0.132 e. The molecule has 0 aliphatic rings. The standard InChI is InChI=1S/C15H16ClNO/c1-10-8-13-9-12(5-3-4-11(2)18)6-7-14(13)17-15(10)16/h6-9H,3-5H2,1-2H3. The van der Waals surface area contributed by atoms with E-state index in [0.29, 0.717) is 11.6 Å². The zero-order valence-corrected chi connectivity index (χ0v) is 11.4. The topological polar surface area (TPSA) is 30.0 Å². The molecule has 0 amide bonds. The fourth-order valence-electron chi connectivity index (χ4n) is 2.01. The Morgan fingerprint density at radius 3 is 2.83 bits per heavy atom. The number of aryl methyl sites for hydroxylation is 2. The Morgan fingerprint density at radius 2 is 2.11 bits per heavy atom. The summed E-state index contributed by atoms with van der Waals surface area (Å²) >= 11 is 6.00. The lowest BCUT2D eigenvalue weighted by atomic mass is 10.0. The minimum atomic E-state index is 0.250. The van der Waals surface area contributed by atoms with Gasteiger partial charge in [0, 0.05) is 11.8 Å². The Kier molecular flexibility index (Phi) is 3.97. The van der Waals surface area contributed by atoms with E-state index in [2.05, 4.69) is 23.2 Å². The van der Waals surface area contributed by atoms with Gasteiger partial charge in [0.25, 0.3) is 0 Å². The number of hydrogen-bond donors (Lipinski definition) is 0. The van der Waals surface area contributed by atoms with Crippen LogP contribution in [0.2, 0.25) is 5.15 Å². The molecule has 0 bridgehead atoms. The number of carbonyl (C=O) groups is 1. The number of aromatic nitrogens is 1. The van der Waals surface area contributed by atoms with Gasteiger partial charge in [-0.1, -0.05) is 17.7 Å². The SMILES string of the molecule is CC(=O)CCCc1ccc2nc(Cl)c(C)cc2c1. The molecule has 0 N–H and O–H groups in total. The zero-order valence-electron chi connectivity index (χ0n) is 10.7. The van der Waals surface area contributed by atoms with Crippen molar-refractivity contribution in [1.82, 2.24) is 4.98 Å². The number of nitrogens with zero attached hydrogens (tertiary/aromatic N) is 1. The molecular weight excluding hydrogens is 246 g/mol. The van der Waals surface area contributed by atoms with Gasteiger partial charge in [0.1, 0.15) is 10.9 Å². The lowest BCUT2D eigenvalue weighted by Gasteiger charge is -2.05. The minimum absolute atomic E-state index is 0.250. The number of halogens is 1. The summed E-state index contributed by atoms with van der Waals surface area (Å²) in [5.74, 6) is 0.250. The Morgan fingerprint density at radius 1 is 1.33 bits per heavy atom. The van der Waals surface area contributed by atoms with E-state index in [1.54, 1.807) is 6.92 Å². The average Bonchev–Trinajstić information content (AvgIpc) is 2.30. The summed E-state index contributed by atoms with van der Waals surface area (Å²) in [5.41, 5.74) is 3.15. The van der Waals surface area contributed by atoms with Gasteiger partial charge < -0.3 is 4.79 Å². The fraction of sp³-hybridized carbons (Fsp3) is 0.333.